The second-order valence-electron chi connectivity index (χ2n) is 2.36. The van der Waals surface area contributed by atoms with Gasteiger partial charge in [0, 0.05) is 5.69 Å². The molecule has 0 saturated heterocycles. The van der Waals surface area contributed by atoms with Crippen LogP contribution in [0.2, 0.25) is 0 Å². The summed E-state index contributed by atoms with van der Waals surface area (Å²) >= 11 is 0. The van der Waals surface area contributed by atoms with E-state index in [-0.39, 0.29) is 12.1 Å². The lowest BCUT2D eigenvalue weighted by molar-refractivity contribution is 0.0696. The number of hydrogen-bond acceptors (Lipinski definition) is 2. The van der Waals surface area contributed by atoms with Crippen LogP contribution in [0.5, 0.6) is 0 Å². The fourth-order valence-electron chi connectivity index (χ4n) is 0.962. The molecule has 0 aliphatic carbocycles. The van der Waals surface area contributed by atoms with Crippen molar-refractivity contribution in [2.45, 2.75) is 13.5 Å². The Kier molecular flexibility index (Phi) is 2.42. The molecule has 5 heteroatoms. The summed E-state index contributed by atoms with van der Waals surface area (Å²) in [6.45, 7) is 1.17. The van der Waals surface area contributed by atoms with Crippen molar-refractivity contribution in [3.8, 4) is 0 Å². The van der Waals surface area contributed by atoms with Crippen molar-refractivity contribution >= 4 is 5.97 Å². The summed E-state index contributed by atoms with van der Waals surface area (Å²) in [5.41, 5.74) is 0.614. The fourth-order valence-corrected chi connectivity index (χ4v) is 0.962. The standard InChI is InChI=1S/C7H9FN2O2/c1-5-6(7(11)12)4-9-10(5)3-2-8/h4H,2-3H2,1H3,(H,11,12). The van der Waals surface area contributed by atoms with Crippen LogP contribution in [-0.4, -0.2) is 27.5 Å². The van der Waals surface area contributed by atoms with Crippen molar-refractivity contribution < 1.29 is 14.3 Å². The van der Waals surface area contributed by atoms with Crippen LogP contribution in [0, 0.1) is 6.92 Å². The van der Waals surface area contributed by atoms with Crippen LogP contribution in [0.25, 0.3) is 0 Å². The topological polar surface area (TPSA) is 55.1 Å². The molecule has 0 spiro atoms. The van der Waals surface area contributed by atoms with Gasteiger partial charge < -0.3 is 5.11 Å². The average Bonchev–Trinajstić information content (AvgIpc) is 2.34. The molecule has 1 heterocycles. The molecule has 1 aromatic rings. The van der Waals surface area contributed by atoms with Crippen LogP contribution in [0.15, 0.2) is 6.20 Å². The molecule has 0 aliphatic heterocycles. The maximum absolute atomic E-state index is 11.9. The first-order chi connectivity index (χ1) is 5.66. The normalized spacial score (nSPS) is 10.2. The molecular formula is C7H9FN2O2. The van der Waals surface area contributed by atoms with Crippen molar-refractivity contribution in [3.63, 3.8) is 0 Å². The highest BCUT2D eigenvalue weighted by Gasteiger charge is 2.11. The molecule has 4 nitrogen and oxygen atoms in total. The van der Waals surface area contributed by atoms with E-state index < -0.39 is 12.6 Å². The van der Waals surface area contributed by atoms with Gasteiger partial charge in [0.2, 0.25) is 0 Å². The molecule has 0 atom stereocenters. The highest BCUT2D eigenvalue weighted by Crippen LogP contribution is 2.06. The minimum atomic E-state index is -1.03. The molecule has 0 aromatic carbocycles. The van der Waals surface area contributed by atoms with E-state index in [2.05, 4.69) is 5.10 Å². The van der Waals surface area contributed by atoms with E-state index in [1.165, 1.54) is 10.9 Å². The number of carboxylic acids is 1. The van der Waals surface area contributed by atoms with Crippen molar-refractivity contribution in [1.29, 1.82) is 0 Å². The van der Waals surface area contributed by atoms with Gasteiger partial charge in [0.25, 0.3) is 0 Å². The van der Waals surface area contributed by atoms with Gasteiger partial charge >= 0.3 is 5.97 Å². The highest BCUT2D eigenvalue weighted by molar-refractivity contribution is 5.88. The van der Waals surface area contributed by atoms with Gasteiger partial charge in [0.15, 0.2) is 0 Å². The molecule has 66 valence electrons. The van der Waals surface area contributed by atoms with Crippen LogP contribution < -0.4 is 0 Å². The number of rotatable bonds is 3. The number of hydrogen-bond donors (Lipinski definition) is 1. The van der Waals surface area contributed by atoms with E-state index in [0.29, 0.717) is 5.69 Å². The Bertz CT molecular complexity index is 296. The highest BCUT2D eigenvalue weighted by atomic mass is 19.1. The monoisotopic (exact) mass is 172 g/mol. The molecule has 0 radical (unpaired) electrons. The smallest absolute Gasteiger partial charge is 0.339 e. The largest absolute Gasteiger partial charge is 0.478 e. The SMILES string of the molecule is Cc1c(C(=O)O)cnn1CCF. The van der Waals surface area contributed by atoms with Crippen molar-refractivity contribution in [1.82, 2.24) is 9.78 Å². The molecule has 1 aromatic heterocycles. The molecule has 0 amide bonds. The van der Waals surface area contributed by atoms with Crippen LogP contribution in [0.1, 0.15) is 16.1 Å². The number of nitrogens with zero attached hydrogens (tertiary/aromatic N) is 2. The maximum atomic E-state index is 11.9. The van der Waals surface area contributed by atoms with E-state index in [9.17, 15) is 9.18 Å². The predicted molar refractivity (Wildman–Crippen MR) is 39.9 cm³/mol. The van der Waals surface area contributed by atoms with Crippen LogP contribution in [-0.2, 0) is 6.54 Å². The van der Waals surface area contributed by atoms with E-state index in [1.54, 1.807) is 6.92 Å². The zero-order valence-electron chi connectivity index (χ0n) is 6.62. The molecule has 12 heavy (non-hydrogen) atoms. The van der Waals surface area contributed by atoms with Crippen LogP contribution >= 0.6 is 0 Å². The third-order valence-electron chi connectivity index (χ3n) is 1.63. The average molecular weight is 172 g/mol. The maximum Gasteiger partial charge on any atom is 0.339 e. The Balaban J connectivity index is 2.96. The van der Waals surface area contributed by atoms with Crippen LogP contribution in [0.4, 0.5) is 4.39 Å². The first-order valence-electron chi connectivity index (χ1n) is 3.48. The number of aromatic nitrogens is 2. The molecule has 0 unspecified atom stereocenters. The minimum Gasteiger partial charge on any atom is -0.478 e. The first-order valence-corrected chi connectivity index (χ1v) is 3.48. The Morgan fingerprint density at radius 3 is 2.92 bits per heavy atom. The van der Waals surface area contributed by atoms with Gasteiger partial charge in [-0.3, -0.25) is 4.68 Å². The van der Waals surface area contributed by atoms with Crippen molar-refractivity contribution in [3.05, 3.63) is 17.5 Å². The Hall–Kier alpha value is -1.39. The van der Waals surface area contributed by atoms with E-state index in [4.69, 9.17) is 5.11 Å². The van der Waals surface area contributed by atoms with E-state index >= 15 is 0 Å². The molecule has 0 aliphatic rings. The summed E-state index contributed by atoms with van der Waals surface area (Å²) in [4.78, 5) is 10.5. The number of carboxylic acid groups (broad SMARTS) is 1. The lowest BCUT2D eigenvalue weighted by Gasteiger charge is -1.99. The lowest BCUT2D eigenvalue weighted by atomic mass is 10.3. The van der Waals surface area contributed by atoms with Crippen molar-refractivity contribution in [2.24, 2.45) is 0 Å². The van der Waals surface area contributed by atoms with Gasteiger partial charge in [-0.15, -0.1) is 0 Å². The summed E-state index contributed by atoms with van der Waals surface area (Å²) < 4.78 is 13.2. The van der Waals surface area contributed by atoms with Gasteiger partial charge in [-0.2, -0.15) is 5.10 Å². The summed E-state index contributed by atoms with van der Waals surface area (Å²) in [7, 11) is 0. The quantitative estimate of drug-likeness (QED) is 0.735. The molecular weight excluding hydrogens is 163 g/mol. The second kappa shape index (κ2) is 3.34. The lowest BCUT2D eigenvalue weighted by Crippen LogP contribution is -2.05. The second-order valence-corrected chi connectivity index (χ2v) is 2.36. The Labute approximate surface area is 68.6 Å². The Morgan fingerprint density at radius 1 is 1.83 bits per heavy atom. The predicted octanol–water partition coefficient (Wildman–Crippen LogP) is 0.859. The first kappa shape index (κ1) is 8.70. The summed E-state index contributed by atoms with van der Waals surface area (Å²) in [6, 6.07) is 0. The molecule has 0 bridgehead atoms. The van der Waals surface area contributed by atoms with E-state index in [0.717, 1.165) is 0 Å². The molecule has 1 rings (SSSR count). The third kappa shape index (κ3) is 1.44. The third-order valence-corrected chi connectivity index (χ3v) is 1.63. The van der Waals surface area contributed by atoms with Gasteiger partial charge in [-0.25, -0.2) is 9.18 Å². The summed E-state index contributed by atoms with van der Waals surface area (Å²) in [6.07, 6.45) is 1.23. The van der Waals surface area contributed by atoms with Gasteiger partial charge in [0.05, 0.1) is 12.7 Å². The zero-order valence-corrected chi connectivity index (χ0v) is 6.62. The number of aromatic carboxylic acids is 1. The molecule has 1 N–H and O–H groups in total. The molecule has 0 saturated carbocycles. The van der Waals surface area contributed by atoms with Crippen LogP contribution in [0.3, 0.4) is 0 Å². The number of alkyl halides is 1. The van der Waals surface area contributed by atoms with E-state index in [1.807, 2.05) is 0 Å². The van der Waals surface area contributed by atoms with Gasteiger partial charge in [-0.05, 0) is 6.92 Å². The fraction of sp³-hybridized carbons (Fsp3) is 0.429. The summed E-state index contributed by atoms with van der Waals surface area (Å²) in [5, 5.41) is 12.3. The number of aryl methyl sites for hydroxylation is 1. The summed E-state index contributed by atoms with van der Waals surface area (Å²) in [5.74, 6) is -1.03. The number of halogens is 1. The Morgan fingerprint density at radius 2 is 2.50 bits per heavy atom. The molecule has 0 fully saturated rings. The van der Waals surface area contributed by atoms with Gasteiger partial charge in [0.1, 0.15) is 12.2 Å². The number of carbonyl (C=O) groups is 1. The van der Waals surface area contributed by atoms with Gasteiger partial charge in [-0.1, -0.05) is 0 Å². The minimum absolute atomic E-state index is 0.110. The zero-order chi connectivity index (χ0) is 9.14. The van der Waals surface area contributed by atoms with Crippen molar-refractivity contribution in [2.75, 3.05) is 6.67 Å².